The van der Waals surface area contributed by atoms with Gasteiger partial charge in [-0.3, -0.25) is 4.79 Å². The van der Waals surface area contributed by atoms with Crippen LogP contribution in [-0.4, -0.2) is 22.8 Å². The fraction of sp³-hybridized carbons (Fsp3) is 0.308. The van der Waals surface area contributed by atoms with E-state index in [0.717, 1.165) is 5.56 Å². The molecule has 0 fully saturated rings. The monoisotopic (exact) mass is 220 g/mol. The Balaban J connectivity index is 2.71. The lowest BCUT2D eigenvalue weighted by atomic mass is 9.92. The second-order valence-corrected chi connectivity index (χ2v) is 3.60. The maximum Gasteiger partial charge on any atom is 0.303 e. The predicted molar refractivity (Wildman–Crippen MR) is 62.3 cm³/mol. The van der Waals surface area contributed by atoms with Gasteiger partial charge in [-0.1, -0.05) is 42.5 Å². The van der Waals surface area contributed by atoms with Gasteiger partial charge in [-0.05, 0) is 17.9 Å². The summed E-state index contributed by atoms with van der Waals surface area (Å²) in [7, 11) is 0. The SMILES string of the molecule is O=C(O)C[C@H](C/C=C\CO)c1ccccc1. The Kier molecular flexibility index (Phi) is 5.29. The Morgan fingerprint density at radius 3 is 2.50 bits per heavy atom. The normalized spacial score (nSPS) is 12.8. The highest BCUT2D eigenvalue weighted by molar-refractivity contribution is 5.68. The van der Waals surface area contributed by atoms with Crippen LogP contribution in [0.25, 0.3) is 0 Å². The highest BCUT2D eigenvalue weighted by Gasteiger charge is 2.13. The zero-order chi connectivity index (χ0) is 11.8. The van der Waals surface area contributed by atoms with Crippen LogP contribution in [0.5, 0.6) is 0 Å². The molecule has 1 aromatic rings. The van der Waals surface area contributed by atoms with Crippen LogP contribution in [-0.2, 0) is 4.79 Å². The number of hydrogen-bond donors (Lipinski definition) is 2. The summed E-state index contributed by atoms with van der Waals surface area (Å²) in [6, 6.07) is 9.57. The third-order valence-corrected chi connectivity index (χ3v) is 2.38. The second-order valence-electron chi connectivity index (χ2n) is 3.60. The molecule has 0 bridgehead atoms. The average molecular weight is 220 g/mol. The van der Waals surface area contributed by atoms with E-state index in [4.69, 9.17) is 10.2 Å². The van der Waals surface area contributed by atoms with Crippen molar-refractivity contribution in [2.75, 3.05) is 6.61 Å². The van der Waals surface area contributed by atoms with Gasteiger partial charge in [-0.15, -0.1) is 0 Å². The molecule has 3 nitrogen and oxygen atoms in total. The van der Waals surface area contributed by atoms with E-state index in [1.54, 1.807) is 6.08 Å². The Labute approximate surface area is 95.0 Å². The summed E-state index contributed by atoms with van der Waals surface area (Å²) in [5.41, 5.74) is 1.02. The van der Waals surface area contributed by atoms with Crippen molar-refractivity contribution in [3.8, 4) is 0 Å². The topological polar surface area (TPSA) is 57.5 Å². The zero-order valence-corrected chi connectivity index (χ0v) is 9.04. The first-order valence-corrected chi connectivity index (χ1v) is 5.26. The number of aliphatic hydroxyl groups is 1. The van der Waals surface area contributed by atoms with Crippen molar-refractivity contribution in [2.24, 2.45) is 0 Å². The molecular weight excluding hydrogens is 204 g/mol. The molecule has 0 aromatic heterocycles. The van der Waals surface area contributed by atoms with Crippen LogP contribution in [0.1, 0.15) is 24.3 Å². The Bertz CT molecular complexity index is 343. The Hall–Kier alpha value is -1.61. The molecule has 0 saturated carbocycles. The van der Waals surface area contributed by atoms with Gasteiger partial charge >= 0.3 is 5.97 Å². The standard InChI is InChI=1S/C13H16O3/c14-9-5-4-8-12(10-13(15)16)11-6-2-1-3-7-11/h1-7,12,14H,8-10H2,(H,15,16)/b5-4-/t12-/m0/s1. The number of aliphatic hydroxyl groups excluding tert-OH is 1. The molecule has 0 radical (unpaired) electrons. The van der Waals surface area contributed by atoms with Crippen molar-refractivity contribution in [3.05, 3.63) is 48.0 Å². The van der Waals surface area contributed by atoms with Gasteiger partial charge in [0, 0.05) is 0 Å². The van der Waals surface area contributed by atoms with Gasteiger partial charge in [0.05, 0.1) is 13.0 Å². The van der Waals surface area contributed by atoms with E-state index in [2.05, 4.69) is 0 Å². The molecule has 0 amide bonds. The molecule has 0 aliphatic heterocycles. The van der Waals surface area contributed by atoms with Crippen LogP contribution >= 0.6 is 0 Å². The fourth-order valence-corrected chi connectivity index (χ4v) is 1.61. The summed E-state index contributed by atoms with van der Waals surface area (Å²) >= 11 is 0. The molecule has 86 valence electrons. The van der Waals surface area contributed by atoms with Crippen molar-refractivity contribution in [1.29, 1.82) is 0 Å². The molecule has 0 aliphatic carbocycles. The first-order chi connectivity index (χ1) is 7.74. The smallest absolute Gasteiger partial charge is 0.303 e. The number of allylic oxidation sites excluding steroid dienone is 1. The maximum atomic E-state index is 10.7. The van der Waals surface area contributed by atoms with Crippen LogP contribution in [0.2, 0.25) is 0 Å². The number of carboxylic acid groups (broad SMARTS) is 1. The van der Waals surface area contributed by atoms with Gasteiger partial charge in [0.1, 0.15) is 0 Å². The Morgan fingerprint density at radius 1 is 1.25 bits per heavy atom. The minimum absolute atomic E-state index is 0.00538. The number of carbonyl (C=O) groups is 1. The van der Waals surface area contributed by atoms with E-state index in [1.807, 2.05) is 36.4 Å². The lowest BCUT2D eigenvalue weighted by Crippen LogP contribution is -2.05. The van der Waals surface area contributed by atoms with Gasteiger partial charge in [0.25, 0.3) is 0 Å². The van der Waals surface area contributed by atoms with E-state index in [9.17, 15) is 4.79 Å². The maximum absolute atomic E-state index is 10.7. The molecule has 1 rings (SSSR count). The van der Waals surface area contributed by atoms with E-state index >= 15 is 0 Å². The van der Waals surface area contributed by atoms with Gasteiger partial charge in [-0.2, -0.15) is 0 Å². The summed E-state index contributed by atoms with van der Waals surface area (Å²) < 4.78 is 0. The lowest BCUT2D eigenvalue weighted by Gasteiger charge is -2.12. The van der Waals surface area contributed by atoms with Crippen LogP contribution in [0.3, 0.4) is 0 Å². The molecule has 2 N–H and O–H groups in total. The Morgan fingerprint density at radius 2 is 1.94 bits per heavy atom. The minimum Gasteiger partial charge on any atom is -0.481 e. The van der Waals surface area contributed by atoms with Crippen LogP contribution < -0.4 is 0 Å². The molecular formula is C13H16O3. The fourth-order valence-electron chi connectivity index (χ4n) is 1.61. The highest BCUT2D eigenvalue weighted by atomic mass is 16.4. The molecule has 16 heavy (non-hydrogen) atoms. The summed E-state index contributed by atoms with van der Waals surface area (Å²) in [6.45, 7) is -0.00538. The third-order valence-electron chi connectivity index (χ3n) is 2.38. The first-order valence-electron chi connectivity index (χ1n) is 5.26. The summed E-state index contributed by atoms with van der Waals surface area (Å²) in [5.74, 6) is -0.826. The second kappa shape index (κ2) is 6.80. The number of aliphatic carboxylic acids is 1. The van der Waals surface area contributed by atoms with Gasteiger partial charge in [0.2, 0.25) is 0 Å². The van der Waals surface area contributed by atoms with E-state index in [0.29, 0.717) is 6.42 Å². The van der Waals surface area contributed by atoms with Crippen molar-refractivity contribution in [3.63, 3.8) is 0 Å². The number of hydrogen-bond acceptors (Lipinski definition) is 2. The molecule has 1 aromatic carbocycles. The first kappa shape index (κ1) is 12.5. The van der Waals surface area contributed by atoms with Crippen LogP contribution in [0.15, 0.2) is 42.5 Å². The quantitative estimate of drug-likeness (QED) is 0.722. The molecule has 0 aliphatic rings. The van der Waals surface area contributed by atoms with E-state index in [-0.39, 0.29) is 18.9 Å². The predicted octanol–water partition coefficient (Wildman–Crippen LogP) is 2.18. The summed E-state index contributed by atoms with van der Waals surface area (Å²) in [5, 5.41) is 17.5. The van der Waals surface area contributed by atoms with Crippen molar-refractivity contribution in [2.45, 2.75) is 18.8 Å². The van der Waals surface area contributed by atoms with Crippen LogP contribution in [0.4, 0.5) is 0 Å². The number of benzene rings is 1. The van der Waals surface area contributed by atoms with Crippen molar-refractivity contribution >= 4 is 5.97 Å². The minimum atomic E-state index is -0.800. The molecule has 3 heteroatoms. The van der Waals surface area contributed by atoms with E-state index < -0.39 is 5.97 Å². The molecule has 1 atom stereocenters. The largest absolute Gasteiger partial charge is 0.481 e. The zero-order valence-electron chi connectivity index (χ0n) is 9.04. The van der Waals surface area contributed by atoms with Gasteiger partial charge in [-0.25, -0.2) is 0 Å². The third kappa shape index (κ3) is 4.28. The van der Waals surface area contributed by atoms with Gasteiger partial charge < -0.3 is 10.2 Å². The summed E-state index contributed by atoms with van der Waals surface area (Å²) in [6.07, 6.45) is 4.20. The number of carboxylic acids is 1. The van der Waals surface area contributed by atoms with Crippen molar-refractivity contribution in [1.82, 2.24) is 0 Å². The molecule has 0 spiro atoms. The van der Waals surface area contributed by atoms with Gasteiger partial charge in [0.15, 0.2) is 0 Å². The summed E-state index contributed by atoms with van der Waals surface area (Å²) in [4.78, 5) is 10.7. The molecule has 0 saturated heterocycles. The lowest BCUT2D eigenvalue weighted by molar-refractivity contribution is -0.137. The van der Waals surface area contributed by atoms with Crippen molar-refractivity contribution < 1.29 is 15.0 Å². The van der Waals surface area contributed by atoms with E-state index in [1.165, 1.54) is 0 Å². The number of rotatable bonds is 6. The molecule has 0 unspecified atom stereocenters. The highest BCUT2D eigenvalue weighted by Crippen LogP contribution is 2.23. The average Bonchev–Trinajstić information content (AvgIpc) is 2.29. The molecule has 0 heterocycles. The van der Waals surface area contributed by atoms with Crippen LogP contribution in [0, 0.1) is 0 Å².